The lowest BCUT2D eigenvalue weighted by Crippen LogP contribution is -2.72. The Morgan fingerprint density at radius 2 is 1.12 bits per heavy atom. The Balaban J connectivity index is 1.59. The van der Waals surface area contributed by atoms with E-state index in [1.54, 1.807) is 0 Å². The van der Waals surface area contributed by atoms with E-state index in [0.29, 0.717) is 43.8 Å². The highest BCUT2D eigenvalue weighted by molar-refractivity contribution is 5.23. The Hall–Kier alpha value is -0.0400. The van der Waals surface area contributed by atoms with Crippen LogP contribution in [0.25, 0.3) is 0 Å². The highest BCUT2D eigenvalue weighted by Gasteiger charge is 2.75. The molecule has 5 aliphatic rings. The van der Waals surface area contributed by atoms with E-state index >= 15 is 0 Å². The minimum Gasteiger partial charge on any atom is -0.393 e. The van der Waals surface area contributed by atoms with Crippen molar-refractivity contribution in [3.63, 3.8) is 0 Å². The van der Waals surface area contributed by atoms with Crippen LogP contribution in [0.15, 0.2) is 0 Å². The highest BCUT2D eigenvalue weighted by atomic mass is 16.3. The maximum absolute atomic E-state index is 10.8. The molecule has 0 amide bonds. The summed E-state index contributed by atoms with van der Waals surface area (Å²) in [7, 11) is 0. The molecule has 0 spiro atoms. The molecule has 0 heterocycles. The minimum atomic E-state index is -0.0893. The Bertz CT molecular complexity index is 785. The lowest BCUT2D eigenvalue weighted by Gasteiger charge is -2.79. The molecule has 5 aliphatic carbocycles. The van der Waals surface area contributed by atoms with Gasteiger partial charge in [0, 0.05) is 0 Å². The Morgan fingerprint density at radius 1 is 0.594 bits per heavy atom. The van der Waals surface area contributed by atoms with Gasteiger partial charge in [-0.05, 0) is 126 Å². The van der Waals surface area contributed by atoms with E-state index < -0.39 is 0 Å². The average molecular weight is 443 g/mol. The lowest BCUT2D eigenvalue weighted by molar-refractivity contribution is -0.304. The van der Waals surface area contributed by atoms with Gasteiger partial charge in [0.25, 0.3) is 0 Å². The van der Waals surface area contributed by atoms with Gasteiger partial charge in [-0.2, -0.15) is 0 Å². The van der Waals surface area contributed by atoms with Crippen molar-refractivity contribution in [2.24, 2.45) is 55.7 Å². The third kappa shape index (κ3) is 2.57. The van der Waals surface area contributed by atoms with Gasteiger partial charge in [0.05, 0.1) is 6.10 Å². The van der Waals surface area contributed by atoms with Gasteiger partial charge >= 0.3 is 0 Å². The topological polar surface area (TPSA) is 20.2 Å². The van der Waals surface area contributed by atoms with Crippen LogP contribution in [-0.4, -0.2) is 11.2 Å². The molecule has 5 saturated carbocycles. The van der Waals surface area contributed by atoms with Crippen LogP contribution in [0.1, 0.15) is 133 Å². The monoisotopic (exact) mass is 442 g/mol. The van der Waals surface area contributed by atoms with E-state index in [-0.39, 0.29) is 6.10 Å². The third-order valence-corrected chi connectivity index (χ3v) is 14.9. The normalized spacial score (nSPS) is 61.7. The molecular formula is C31H54O. The van der Waals surface area contributed by atoms with E-state index in [1.807, 2.05) is 0 Å². The molecule has 0 aliphatic heterocycles. The van der Waals surface area contributed by atoms with Gasteiger partial charge in [0.2, 0.25) is 0 Å². The van der Waals surface area contributed by atoms with Crippen molar-refractivity contribution in [1.29, 1.82) is 0 Å². The summed E-state index contributed by atoms with van der Waals surface area (Å²) in [5, 5.41) is 10.8. The largest absolute Gasteiger partial charge is 0.393 e. The Labute approximate surface area is 199 Å². The molecule has 5 rings (SSSR count). The van der Waals surface area contributed by atoms with Crippen LogP contribution >= 0.6 is 0 Å². The molecule has 10 atom stereocenters. The molecule has 0 radical (unpaired) electrons. The standard InChI is InChI=1S/C31H54O/c1-21-22(32)10-11-23-27(21,5)15-19-31(9)28(23,6)16-17-29(7)24-20-25(2,3)12-13-26(24,4)14-18-30(29,31)8/h21-24,32H,10-20H2,1-9H3. The predicted octanol–water partition coefficient (Wildman–Crippen LogP) is 8.64. The summed E-state index contributed by atoms with van der Waals surface area (Å²) in [5.41, 5.74) is 3.06. The first-order valence-electron chi connectivity index (χ1n) is 14.3. The van der Waals surface area contributed by atoms with Gasteiger partial charge in [-0.1, -0.05) is 62.3 Å². The van der Waals surface area contributed by atoms with Crippen molar-refractivity contribution in [2.75, 3.05) is 0 Å². The summed E-state index contributed by atoms with van der Waals surface area (Å²) in [6, 6.07) is 0. The molecule has 1 nitrogen and oxygen atoms in total. The average Bonchev–Trinajstić information content (AvgIpc) is 2.72. The molecule has 0 saturated heterocycles. The summed E-state index contributed by atoms with van der Waals surface area (Å²) >= 11 is 0. The van der Waals surface area contributed by atoms with Gasteiger partial charge in [0.15, 0.2) is 0 Å². The number of aliphatic hydroxyl groups excluding tert-OH is 1. The van der Waals surface area contributed by atoms with Crippen LogP contribution in [0.3, 0.4) is 0 Å². The smallest absolute Gasteiger partial charge is 0.0571 e. The molecule has 32 heavy (non-hydrogen) atoms. The quantitative estimate of drug-likeness (QED) is 0.398. The van der Waals surface area contributed by atoms with Gasteiger partial charge < -0.3 is 5.11 Å². The number of fused-ring (bicyclic) bond motifs is 7. The van der Waals surface area contributed by atoms with E-state index in [2.05, 4.69) is 62.3 Å². The maximum atomic E-state index is 10.8. The van der Waals surface area contributed by atoms with Crippen LogP contribution in [-0.2, 0) is 0 Å². The number of hydrogen-bond donors (Lipinski definition) is 1. The summed E-state index contributed by atoms with van der Waals surface area (Å²) < 4.78 is 0. The van der Waals surface area contributed by atoms with Crippen LogP contribution in [0.4, 0.5) is 0 Å². The predicted molar refractivity (Wildman–Crippen MR) is 135 cm³/mol. The zero-order valence-electron chi connectivity index (χ0n) is 23.0. The first-order valence-corrected chi connectivity index (χ1v) is 14.3. The van der Waals surface area contributed by atoms with Crippen molar-refractivity contribution in [1.82, 2.24) is 0 Å². The third-order valence-electron chi connectivity index (χ3n) is 14.9. The second-order valence-corrected chi connectivity index (χ2v) is 16.1. The van der Waals surface area contributed by atoms with Crippen molar-refractivity contribution in [3.8, 4) is 0 Å². The van der Waals surface area contributed by atoms with E-state index in [9.17, 15) is 5.11 Å². The van der Waals surface area contributed by atoms with Crippen LogP contribution in [0.2, 0.25) is 0 Å². The Kier molecular flexibility index (Phi) is 4.88. The lowest BCUT2D eigenvalue weighted by atomic mass is 9.26. The molecule has 184 valence electrons. The fraction of sp³-hybridized carbons (Fsp3) is 1.00. The summed E-state index contributed by atoms with van der Waals surface area (Å²) in [6.45, 7) is 23.7. The summed E-state index contributed by atoms with van der Waals surface area (Å²) in [6.07, 6.45) is 14.9. The molecule has 0 aromatic rings. The first-order chi connectivity index (χ1) is 14.6. The van der Waals surface area contributed by atoms with Gasteiger partial charge in [0.1, 0.15) is 0 Å². The number of aliphatic hydroxyl groups is 1. The minimum absolute atomic E-state index is 0.0893. The van der Waals surface area contributed by atoms with Crippen LogP contribution in [0, 0.1) is 55.7 Å². The van der Waals surface area contributed by atoms with E-state index in [1.165, 1.54) is 64.2 Å². The highest BCUT2D eigenvalue weighted by Crippen LogP contribution is 2.82. The summed E-state index contributed by atoms with van der Waals surface area (Å²) in [5.74, 6) is 2.08. The van der Waals surface area contributed by atoms with Crippen LogP contribution < -0.4 is 0 Å². The molecule has 5 fully saturated rings. The molecule has 0 bridgehead atoms. The molecular weight excluding hydrogens is 388 g/mol. The fourth-order valence-corrected chi connectivity index (χ4v) is 11.7. The maximum Gasteiger partial charge on any atom is 0.0571 e. The number of hydrogen-bond acceptors (Lipinski definition) is 1. The molecule has 1 N–H and O–H groups in total. The molecule has 1 heteroatoms. The molecule has 10 unspecified atom stereocenters. The zero-order valence-corrected chi connectivity index (χ0v) is 23.0. The van der Waals surface area contributed by atoms with Crippen LogP contribution in [0.5, 0.6) is 0 Å². The molecule has 0 aromatic carbocycles. The molecule has 0 aromatic heterocycles. The number of rotatable bonds is 0. The van der Waals surface area contributed by atoms with E-state index in [4.69, 9.17) is 0 Å². The fourth-order valence-electron chi connectivity index (χ4n) is 11.7. The van der Waals surface area contributed by atoms with E-state index in [0.717, 1.165) is 18.3 Å². The van der Waals surface area contributed by atoms with Crippen molar-refractivity contribution in [2.45, 2.75) is 139 Å². The van der Waals surface area contributed by atoms with Gasteiger partial charge in [-0.25, -0.2) is 0 Å². The van der Waals surface area contributed by atoms with Crippen molar-refractivity contribution in [3.05, 3.63) is 0 Å². The van der Waals surface area contributed by atoms with Gasteiger partial charge in [-0.15, -0.1) is 0 Å². The van der Waals surface area contributed by atoms with Gasteiger partial charge in [-0.3, -0.25) is 0 Å². The Morgan fingerprint density at radius 3 is 1.75 bits per heavy atom. The van der Waals surface area contributed by atoms with Crippen molar-refractivity contribution >= 4 is 0 Å². The summed E-state index contributed by atoms with van der Waals surface area (Å²) in [4.78, 5) is 0. The van der Waals surface area contributed by atoms with Crippen molar-refractivity contribution < 1.29 is 5.11 Å². The first kappa shape index (κ1) is 23.7. The SMILES string of the molecule is CC1C(O)CCC2C1(C)CCC1(C)C2(C)CCC2(C)C3CC(C)(C)CCC3(C)CCC21C. The second-order valence-electron chi connectivity index (χ2n) is 16.1. The zero-order chi connectivity index (χ0) is 23.6. The second kappa shape index (κ2) is 6.59.